The summed E-state index contributed by atoms with van der Waals surface area (Å²) in [4.78, 5) is 4.48. The van der Waals surface area contributed by atoms with Crippen molar-refractivity contribution in [1.82, 2.24) is 0 Å². The smallest absolute Gasteiger partial charge is 0.0955 e. The van der Waals surface area contributed by atoms with E-state index in [9.17, 15) is 0 Å². The Bertz CT molecular complexity index is 134. The van der Waals surface area contributed by atoms with E-state index in [-0.39, 0.29) is 6.10 Å². The summed E-state index contributed by atoms with van der Waals surface area (Å²) in [6.45, 7) is 6.64. The summed E-state index contributed by atoms with van der Waals surface area (Å²) in [5.74, 6) is 1.97. The molecule has 2 nitrogen and oxygen atoms in total. The maximum Gasteiger partial charge on any atom is 0.0955 e. The fraction of sp³-hybridized carbons (Fsp3) is 1.00. The van der Waals surface area contributed by atoms with Crippen molar-refractivity contribution in [2.45, 2.75) is 46.1 Å². The van der Waals surface area contributed by atoms with Gasteiger partial charge in [0.15, 0.2) is 0 Å². The summed E-state index contributed by atoms with van der Waals surface area (Å²) >= 11 is 0. The maximum atomic E-state index is 8.66. The zero-order valence-electron chi connectivity index (χ0n) is 8.29. The Kier molecular flexibility index (Phi) is 3.53. The average molecular weight is 172 g/mol. The first kappa shape index (κ1) is 10.0. The second kappa shape index (κ2) is 4.24. The van der Waals surface area contributed by atoms with Crippen LogP contribution in [0.25, 0.3) is 0 Å². The van der Waals surface area contributed by atoms with Crippen LogP contribution >= 0.6 is 0 Å². The molecule has 0 spiro atoms. The van der Waals surface area contributed by atoms with Crippen LogP contribution in [0.4, 0.5) is 0 Å². The Morgan fingerprint density at radius 1 is 1.33 bits per heavy atom. The van der Waals surface area contributed by atoms with Crippen LogP contribution in [-0.2, 0) is 4.89 Å². The molecule has 72 valence electrons. The van der Waals surface area contributed by atoms with Crippen LogP contribution < -0.4 is 0 Å². The normalized spacial score (nSPS) is 37.2. The molecular weight excluding hydrogens is 152 g/mol. The standard InChI is InChI=1S/C10H20O2/c1-7(2)9-5-4-8(3)10(6-9)12-11/h7-11H,4-6H2,1-3H3/t8-,9-,10-/m1/s1. The molecule has 0 aromatic heterocycles. The summed E-state index contributed by atoms with van der Waals surface area (Å²) < 4.78 is 0. The molecule has 0 unspecified atom stereocenters. The summed E-state index contributed by atoms with van der Waals surface area (Å²) in [7, 11) is 0. The zero-order chi connectivity index (χ0) is 9.14. The van der Waals surface area contributed by atoms with E-state index in [1.54, 1.807) is 0 Å². The Labute approximate surface area is 74.9 Å². The minimum absolute atomic E-state index is 0.0751. The Morgan fingerprint density at radius 3 is 2.50 bits per heavy atom. The van der Waals surface area contributed by atoms with Crippen molar-refractivity contribution < 1.29 is 10.1 Å². The molecule has 0 aromatic carbocycles. The minimum Gasteiger partial charge on any atom is -0.252 e. The van der Waals surface area contributed by atoms with E-state index < -0.39 is 0 Å². The van der Waals surface area contributed by atoms with Gasteiger partial charge >= 0.3 is 0 Å². The van der Waals surface area contributed by atoms with Gasteiger partial charge in [0, 0.05) is 0 Å². The van der Waals surface area contributed by atoms with Crippen molar-refractivity contribution >= 4 is 0 Å². The van der Waals surface area contributed by atoms with Crippen LogP contribution in [0.2, 0.25) is 0 Å². The molecule has 1 rings (SSSR count). The van der Waals surface area contributed by atoms with Gasteiger partial charge in [-0.3, -0.25) is 5.26 Å². The first-order chi connectivity index (χ1) is 5.65. The van der Waals surface area contributed by atoms with Crippen molar-refractivity contribution in [2.75, 3.05) is 0 Å². The van der Waals surface area contributed by atoms with E-state index in [1.807, 2.05) is 0 Å². The lowest BCUT2D eigenvalue weighted by molar-refractivity contribution is -0.297. The molecule has 0 aromatic rings. The van der Waals surface area contributed by atoms with Crippen molar-refractivity contribution in [3.8, 4) is 0 Å². The molecule has 0 aliphatic heterocycles. The number of rotatable bonds is 2. The minimum atomic E-state index is 0.0751. The average Bonchev–Trinajstić information content (AvgIpc) is 2.05. The number of hydrogen-bond acceptors (Lipinski definition) is 2. The zero-order valence-corrected chi connectivity index (χ0v) is 8.29. The van der Waals surface area contributed by atoms with Gasteiger partial charge in [-0.25, -0.2) is 4.89 Å². The van der Waals surface area contributed by atoms with Crippen LogP contribution in [0.1, 0.15) is 40.0 Å². The van der Waals surface area contributed by atoms with Gasteiger partial charge in [0.25, 0.3) is 0 Å². The second-order valence-electron chi connectivity index (χ2n) is 4.44. The third kappa shape index (κ3) is 2.20. The van der Waals surface area contributed by atoms with Crippen molar-refractivity contribution in [1.29, 1.82) is 0 Å². The van der Waals surface area contributed by atoms with E-state index in [2.05, 4.69) is 25.7 Å². The predicted octanol–water partition coefficient (Wildman–Crippen LogP) is 2.94. The van der Waals surface area contributed by atoms with Crippen molar-refractivity contribution in [3.63, 3.8) is 0 Å². The molecule has 2 heteroatoms. The molecular formula is C10H20O2. The molecule has 1 aliphatic carbocycles. The maximum absolute atomic E-state index is 8.66. The summed E-state index contributed by atoms with van der Waals surface area (Å²) in [6, 6.07) is 0. The van der Waals surface area contributed by atoms with Crippen LogP contribution in [0, 0.1) is 17.8 Å². The molecule has 12 heavy (non-hydrogen) atoms. The molecule has 0 radical (unpaired) electrons. The predicted molar refractivity (Wildman–Crippen MR) is 48.8 cm³/mol. The van der Waals surface area contributed by atoms with Gasteiger partial charge in [0.05, 0.1) is 6.10 Å². The molecule has 1 saturated carbocycles. The Hall–Kier alpha value is -0.0800. The monoisotopic (exact) mass is 172 g/mol. The van der Waals surface area contributed by atoms with E-state index in [0.29, 0.717) is 5.92 Å². The SMILES string of the molecule is CC(C)[C@@H]1CC[C@@H](C)[C@H](OO)C1. The third-order valence-electron chi connectivity index (χ3n) is 3.24. The highest BCUT2D eigenvalue weighted by Crippen LogP contribution is 2.34. The molecule has 3 atom stereocenters. The van der Waals surface area contributed by atoms with Crippen molar-refractivity contribution in [2.24, 2.45) is 17.8 Å². The van der Waals surface area contributed by atoms with Gasteiger partial charge in [-0.05, 0) is 37.0 Å². The Morgan fingerprint density at radius 2 is 2.00 bits per heavy atom. The van der Waals surface area contributed by atoms with Crippen LogP contribution in [0.5, 0.6) is 0 Å². The molecule has 1 aliphatic rings. The second-order valence-corrected chi connectivity index (χ2v) is 4.44. The van der Waals surface area contributed by atoms with E-state index in [0.717, 1.165) is 18.3 Å². The highest BCUT2D eigenvalue weighted by Gasteiger charge is 2.29. The molecule has 0 amide bonds. The highest BCUT2D eigenvalue weighted by molar-refractivity contribution is 4.79. The van der Waals surface area contributed by atoms with Gasteiger partial charge in [0.2, 0.25) is 0 Å². The topological polar surface area (TPSA) is 29.5 Å². The summed E-state index contributed by atoms with van der Waals surface area (Å²) in [5.41, 5.74) is 0. The largest absolute Gasteiger partial charge is 0.252 e. The molecule has 0 heterocycles. The molecule has 0 bridgehead atoms. The fourth-order valence-corrected chi connectivity index (χ4v) is 2.06. The van der Waals surface area contributed by atoms with E-state index >= 15 is 0 Å². The van der Waals surface area contributed by atoms with Crippen molar-refractivity contribution in [3.05, 3.63) is 0 Å². The highest BCUT2D eigenvalue weighted by atomic mass is 17.1. The fourth-order valence-electron chi connectivity index (χ4n) is 2.06. The van der Waals surface area contributed by atoms with Crippen LogP contribution in [-0.4, -0.2) is 11.4 Å². The lowest BCUT2D eigenvalue weighted by Crippen LogP contribution is -2.31. The van der Waals surface area contributed by atoms with Gasteiger partial charge < -0.3 is 0 Å². The first-order valence-electron chi connectivity index (χ1n) is 4.95. The van der Waals surface area contributed by atoms with E-state index in [4.69, 9.17) is 5.26 Å². The first-order valence-corrected chi connectivity index (χ1v) is 4.95. The third-order valence-corrected chi connectivity index (χ3v) is 3.24. The van der Waals surface area contributed by atoms with Crippen LogP contribution in [0.15, 0.2) is 0 Å². The Balaban J connectivity index is 2.44. The van der Waals surface area contributed by atoms with Crippen LogP contribution in [0.3, 0.4) is 0 Å². The van der Waals surface area contributed by atoms with Gasteiger partial charge in [-0.2, -0.15) is 0 Å². The quantitative estimate of drug-likeness (QED) is 0.512. The molecule has 0 saturated heterocycles. The molecule has 1 fully saturated rings. The summed E-state index contributed by atoms with van der Waals surface area (Å²) in [6.07, 6.45) is 3.58. The van der Waals surface area contributed by atoms with E-state index in [1.165, 1.54) is 12.8 Å². The lowest BCUT2D eigenvalue weighted by atomic mass is 9.76. The molecule has 1 N–H and O–H groups in total. The van der Waals surface area contributed by atoms with Gasteiger partial charge in [-0.15, -0.1) is 0 Å². The van der Waals surface area contributed by atoms with Gasteiger partial charge in [-0.1, -0.05) is 20.8 Å². The summed E-state index contributed by atoms with van der Waals surface area (Å²) in [5, 5.41) is 8.66. The number of hydrogen-bond donors (Lipinski definition) is 1. The van der Waals surface area contributed by atoms with Gasteiger partial charge in [0.1, 0.15) is 0 Å². The lowest BCUT2D eigenvalue weighted by Gasteiger charge is -2.34.